The fourth-order valence-corrected chi connectivity index (χ4v) is 3.36. The number of amides is 1. The zero-order valence-corrected chi connectivity index (χ0v) is 12.3. The molecule has 0 N–H and O–H groups in total. The Morgan fingerprint density at radius 2 is 2.25 bits per heavy atom. The summed E-state index contributed by atoms with van der Waals surface area (Å²) in [5.74, 6) is 0.350. The van der Waals surface area contributed by atoms with E-state index < -0.39 is 0 Å². The van der Waals surface area contributed by atoms with E-state index in [4.69, 9.17) is 4.74 Å². The average molecular weight is 277 g/mol. The van der Waals surface area contributed by atoms with Crippen molar-refractivity contribution in [2.45, 2.75) is 39.2 Å². The minimum atomic E-state index is 0.0780. The highest BCUT2D eigenvalue weighted by molar-refractivity contribution is 5.79. The van der Waals surface area contributed by atoms with E-state index in [0.29, 0.717) is 12.6 Å². The second-order valence-electron chi connectivity index (χ2n) is 6.01. The molecule has 0 saturated carbocycles. The van der Waals surface area contributed by atoms with Crippen molar-refractivity contribution in [1.29, 1.82) is 0 Å². The Labute approximate surface area is 119 Å². The van der Waals surface area contributed by atoms with Gasteiger partial charge < -0.3 is 9.64 Å². The van der Waals surface area contributed by atoms with Gasteiger partial charge in [-0.15, -0.1) is 0 Å². The normalized spacial score (nSPS) is 27.0. The maximum Gasteiger partial charge on any atom is 0.228 e. The third kappa shape index (κ3) is 2.59. The molecule has 2 aliphatic heterocycles. The van der Waals surface area contributed by atoms with Crippen LogP contribution < -0.4 is 0 Å². The van der Waals surface area contributed by atoms with Gasteiger partial charge in [-0.1, -0.05) is 0 Å². The maximum absolute atomic E-state index is 12.5. The molecule has 20 heavy (non-hydrogen) atoms. The van der Waals surface area contributed by atoms with Crippen molar-refractivity contribution in [2.24, 2.45) is 5.92 Å². The second kappa shape index (κ2) is 5.56. The van der Waals surface area contributed by atoms with Gasteiger partial charge in [-0.2, -0.15) is 5.10 Å². The number of piperidine rings is 1. The molecular weight excluding hydrogens is 254 g/mol. The van der Waals surface area contributed by atoms with Crippen LogP contribution in [-0.4, -0.2) is 46.9 Å². The minimum Gasteiger partial charge on any atom is -0.381 e. The maximum atomic E-state index is 12.5. The molecule has 1 aromatic rings. The summed E-state index contributed by atoms with van der Waals surface area (Å²) < 4.78 is 7.44. The molecule has 0 aliphatic carbocycles. The Kier molecular flexibility index (Phi) is 3.78. The predicted molar refractivity (Wildman–Crippen MR) is 75.5 cm³/mol. The smallest absolute Gasteiger partial charge is 0.228 e. The van der Waals surface area contributed by atoms with E-state index in [2.05, 4.69) is 22.8 Å². The highest BCUT2D eigenvalue weighted by Crippen LogP contribution is 2.25. The first-order valence-electron chi connectivity index (χ1n) is 7.54. The van der Waals surface area contributed by atoms with Gasteiger partial charge in [0.2, 0.25) is 5.91 Å². The predicted octanol–water partition coefficient (Wildman–Crippen LogP) is 1.70. The van der Waals surface area contributed by atoms with Gasteiger partial charge >= 0.3 is 0 Å². The molecule has 2 fully saturated rings. The van der Waals surface area contributed by atoms with Crippen LogP contribution in [0.3, 0.4) is 0 Å². The van der Waals surface area contributed by atoms with Gasteiger partial charge in [0.25, 0.3) is 0 Å². The molecule has 5 heteroatoms. The molecule has 2 atom stereocenters. The number of hydrogen-bond acceptors (Lipinski definition) is 3. The van der Waals surface area contributed by atoms with Crippen LogP contribution in [0.4, 0.5) is 0 Å². The van der Waals surface area contributed by atoms with Gasteiger partial charge in [-0.25, -0.2) is 0 Å². The molecule has 3 heterocycles. The number of hydrogen-bond donors (Lipinski definition) is 0. The van der Waals surface area contributed by atoms with Crippen LogP contribution in [0.25, 0.3) is 0 Å². The Bertz CT molecular complexity index is 491. The van der Waals surface area contributed by atoms with Crippen LogP contribution in [0.2, 0.25) is 0 Å². The van der Waals surface area contributed by atoms with Crippen molar-refractivity contribution >= 4 is 5.91 Å². The van der Waals surface area contributed by atoms with E-state index in [1.807, 2.05) is 11.8 Å². The summed E-state index contributed by atoms with van der Waals surface area (Å²) in [6.07, 6.45) is 3.04. The summed E-state index contributed by atoms with van der Waals surface area (Å²) in [5, 5.41) is 4.58. The van der Waals surface area contributed by atoms with Crippen LogP contribution >= 0.6 is 0 Å². The molecule has 110 valence electrons. The van der Waals surface area contributed by atoms with Gasteiger partial charge in [0.05, 0.1) is 24.3 Å². The first-order chi connectivity index (χ1) is 9.65. The van der Waals surface area contributed by atoms with Crippen molar-refractivity contribution < 1.29 is 9.53 Å². The van der Waals surface area contributed by atoms with Crippen LogP contribution in [0.1, 0.15) is 36.7 Å². The monoisotopic (exact) mass is 277 g/mol. The summed E-state index contributed by atoms with van der Waals surface area (Å²) in [4.78, 5) is 14.5. The number of aromatic nitrogens is 2. The summed E-state index contributed by atoms with van der Waals surface area (Å²) in [7, 11) is 0. The van der Waals surface area contributed by atoms with Gasteiger partial charge in [0.15, 0.2) is 0 Å². The molecular formula is C15H23N3O2. The fourth-order valence-electron chi connectivity index (χ4n) is 3.36. The molecule has 2 saturated heterocycles. The molecule has 0 aromatic carbocycles. The molecule has 3 rings (SSSR count). The summed E-state index contributed by atoms with van der Waals surface area (Å²) in [5.41, 5.74) is 2.24. The molecule has 0 spiro atoms. The number of rotatable bonds is 2. The zero-order chi connectivity index (χ0) is 14.1. The Balaban J connectivity index is 1.70. The molecule has 1 amide bonds. The number of likely N-dealkylation sites (tertiary alicyclic amines) is 1. The minimum absolute atomic E-state index is 0.0780. The third-order valence-corrected chi connectivity index (χ3v) is 4.38. The number of aryl methyl sites for hydroxylation is 2. The lowest BCUT2D eigenvalue weighted by Crippen LogP contribution is -2.44. The van der Waals surface area contributed by atoms with Crippen molar-refractivity contribution in [3.8, 4) is 0 Å². The quantitative estimate of drug-likeness (QED) is 0.826. The van der Waals surface area contributed by atoms with Crippen molar-refractivity contribution in [3.05, 3.63) is 17.5 Å². The summed E-state index contributed by atoms with van der Waals surface area (Å²) >= 11 is 0. The van der Waals surface area contributed by atoms with E-state index in [1.54, 1.807) is 0 Å². The molecule has 1 aromatic heterocycles. The highest BCUT2D eigenvalue weighted by atomic mass is 16.5. The van der Waals surface area contributed by atoms with Crippen molar-refractivity contribution in [3.63, 3.8) is 0 Å². The van der Waals surface area contributed by atoms with Crippen LogP contribution in [0.5, 0.6) is 0 Å². The van der Waals surface area contributed by atoms with E-state index in [-0.39, 0.29) is 11.8 Å². The number of ether oxygens (including phenoxy) is 1. The van der Waals surface area contributed by atoms with Crippen LogP contribution in [0.15, 0.2) is 6.07 Å². The van der Waals surface area contributed by atoms with Gasteiger partial charge in [-0.3, -0.25) is 9.48 Å². The Morgan fingerprint density at radius 3 is 2.90 bits per heavy atom. The molecule has 5 nitrogen and oxygen atoms in total. The van der Waals surface area contributed by atoms with E-state index in [0.717, 1.165) is 44.7 Å². The van der Waals surface area contributed by atoms with Gasteiger partial charge in [0, 0.05) is 25.4 Å². The van der Waals surface area contributed by atoms with E-state index in [9.17, 15) is 4.79 Å². The Morgan fingerprint density at radius 1 is 1.40 bits per heavy atom. The van der Waals surface area contributed by atoms with Gasteiger partial charge in [-0.05, 0) is 39.2 Å². The molecule has 0 unspecified atom stereocenters. The Hall–Kier alpha value is -1.36. The lowest BCUT2D eigenvalue weighted by atomic mass is 10.0. The lowest BCUT2D eigenvalue weighted by Gasteiger charge is -2.34. The van der Waals surface area contributed by atoms with Crippen molar-refractivity contribution in [1.82, 2.24) is 14.7 Å². The summed E-state index contributed by atoms with van der Waals surface area (Å²) in [6, 6.07) is 2.43. The SMILES string of the molecule is Cc1cc(C)n([C@H]2CCCN(C(=O)[C@@H]3CCOC3)C2)n1. The molecule has 0 bridgehead atoms. The largest absolute Gasteiger partial charge is 0.381 e. The molecule has 0 radical (unpaired) electrons. The van der Waals surface area contributed by atoms with Crippen LogP contribution in [0, 0.1) is 19.8 Å². The topological polar surface area (TPSA) is 47.4 Å². The number of nitrogens with zero attached hydrogens (tertiary/aromatic N) is 3. The van der Waals surface area contributed by atoms with Crippen molar-refractivity contribution in [2.75, 3.05) is 26.3 Å². The van der Waals surface area contributed by atoms with Gasteiger partial charge in [0.1, 0.15) is 0 Å². The molecule has 2 aliphatic rings. The first-order valence-corrected chi connectivity index (χ1v) is 7.54. The fraction of sp³-hybridized carbons (Fsp3) is 0.733. The zero-order valence-electron chi connectivity index (χ0n) is 12.3. The first kappa shape index (κ1) is 13.6. The standard InChI is InChI=1S/C15H23N3O2/c1-11-8-12(2)18(16-11)14-4-3-6-17(9-14)15(19)13-5-7-20-10-13/h8,13-14H,3-7,9-10H2,1-2H3/t13-,14+/m1/s1. The highest BCUT2D eigenvalue weighted by Gasteiger charge is 2.32. The lowest BCUT2D eigenvalue weighted by molar-refractivity contribution is -0.137. The second-order valence-corrected chi connectivity index (χ2v) is 6.01. The summed E-state index contributed by atoms with van der Waals surface area (Å²) in [6.45, 7) is 7.10. The average Bonchev–Trinajstić information content (AvgIpc) is 3.08. The number of carbonyl (C=O) groups excluding carboxylic acids is 1. The van der Waals surface area contributed by atoms with E-state index in [1.165, 1.54) is 5.69 Å². The van der Waals surface area contributed by atoms with Crippen LogP contribution in [-0.2, 0) is 9.53 Å². The third-order valence-electron chi connectivity index (χ3n) is 4.38. The van der Waals surface area contributed by atoms with E-state index >= 15 is 0 Å². The number of carbonyl (C=O) groups is 1.